The minimum Gasteiger partial charge on any atom is -0.373 e. The van der Waals surface area contributed by atoms with E-state index in [-0.39, 0.29) is 24.5 Å². The van der Waals surface area contributed by atoms with E-state index in [0.717, 1.165) is 42.1 Å². The predicted octanol–water partition coefficient (Wildman–Crippen LogP) is 3.11. The van der Waals surface area contributed by atoms with Crippen molar-refractivity contribution < 1.29 is 9.53 Å². The van der Waals surface area contributed by atoms with Crippen molar-refractivity contribution in [2.45, 2.75) is 52.5 Å². The first-order valence-corrected chi connectivity index (χ1v) is 10.6. The van der Waals surface area contributed by atoms with Crippen LogP contribution < -0.4 is 5.32 Å². The molecule has 4 rings (SSSR count). The van der Waals surface area contributed by atoms with Gasteiger partial charge in [-0.25, -0.2) is 4.98 Å². The Bertz CT molecular complexity index is 1020. The van der Waals surface area contributed by atoms with Crippen LogP contribution in [-0.2, 0) is 29.0 Å². The molecule has 1 amide bonds. The molecule has 1 N–H and O–H groups in total. The summed E-state index contributed by atoms with van der Waals surface area (Å²) < 4.78 is 7.81. The lowest BCUT2D eigenvalue weighted by Gasteiger charge is -2.35. The van der Waals surface area contributed by atoms with Gasteiger partial charge in [-0.3, -0.25) is 9.69 Å². The van der Waals surface area contributed by atoms with Crippen LogP contribution in [0.5, 0.6) is 0 Å². The molecule has 1 aliphatic heterocycles. The number of nitrogens with one attached hydrogen (secondary N) is 1. The molecule has 30 heavy (non-hydrogen) atoms. The van der Waals surface area contributed by atoms with E-state index in [4.69, 9.17) is 4.74 Å². The summed E-state index contributed by atoms with van der Waals surface area (Å²) >= 11 is 0. The average molecular weight is 407 g/mol. The maximum atomic E-state index is 12.5. The van der Waals surface area contributed by atoms with E-state index in [9.17, 15) is 4.79 Å². The maximum Gasteiger partial charge on any atom is 0.226 e. The minimum atomic E-state index is -0.0144. The van der Waals surface area contributed by atoms with Crippen molar-refractivity contribution in [1.82, 2.24) is 19.6 Å². The average Bonchev–Trinajstić information content (AvgIpc) is 3.10. The molecule has 0 bridgehead atoms. The first-order chi connectivity index (χ1) is 14.5. The number of hydrogen-bond acceptors (Lipinski definition) is 4. The minimum absolute atomic E-state index is 0.0144. The van der Waals surface area contributed by atoms with E-state index in [2.05, 4.69) is 47.2 Å². The number of imidazole rings is 1. The van der Waals surface area contributed by atoms with E-state index < -0.39 is 0 Å². The lowest BCUT2D eigenvalue weighted by Crippen LogP contribution is -2.45. The van der Waals surface area contributed by atoms with Crippen molar-refractivity contribution in [3.05, 3.63) is 71.2 Å². The lowest BCUT2D eigenvalue weighted by atomic mass is 10.1. The number of fused-ring (bicyclic) bond motifs is 1. The molecular formula is C24H30N4O2. The van der Waals surface area contributed by atoms with Crippen LogP contribution in [0.2, 0.25) is 0 Å². The molecule has 3 heterocycles. The fourth-order valence-corrected chi connectivity index (χ4v) is 4.25. The molecule has 0 radical (unpaired) electrons. The third-order valence-electron chi connectivity index (χ3n) is 5.55. The summed E-state index contributed by atoms with van der Waals surface area (Å²) in [6, 6.07) is 12.3. The van der Waals surface area contributed by atoms with Crippen molar-refractivity contribution in [3.8, 4) is 0 Å². The van der Waals surface area contributed by atoms with Gasteiger partial charge in [0.05, 0.1) is 24.3 Å². The van der Waals surface area contributed by atoms with Gasteiger partial charge in [0.2, 0.25) is 5.91 Å². The van der Waals surface area contributed by atoms with Gasteiger partial charge in [-0.05, 0) is 43.5 Å². The number of nitrogens with zero attached hydrogens (tertiary/aromatic N) is 3. The van der Waals surface area contributed by atoms with Crippen molar-refractivity contribution >= 4 is 11.6 Å². The molecule has 1 aliphatic rings. The van der Waals surface area contributed by atoms with Gasteiger partial charge in [0.1, 0.15) is 5.65 Å². The Morgan fingerprint density at radius 3 is 2.60 bits per heavy atom. The number of rotatable bonds is 6. The SMILES string of the molecule is Cc1cccn2cc(CC(=O)NCc3ccccc3CN3CC(C)OC(C)C3)nc12. The Labute approximate surface area is 177 Å². The second-order valence-corrected chi connectivity index (χ2v) is 8.33. The number of morpholine rings is 1. The van der Waals surface area contributed by atoms with Crippen LogP contribution >= 0.6 is 0 Å². The van der Waals surface area contributed by atoms with Crippen LogP contribution in [0.3, 0.4) is 0 Å². The first-order valence-electron chi connectivity index (χ1n) is 10.6. The van der Waals surface area contributed by atoms with Gasteiger partial charge in [-0.2, -0.15) is 0 Å². The molecule has 6 heteroatoms. The second kappa shape index (κ2) is 8.98. The number of pyridine rings is 1. The molecule has 2 atom stereocenters. The van der Waals surface area contributed by atoms with Crippen LogP contribution in [0.4, 0.5) is 0 Å². The molecule has 1 saturated heterocycles. The Kier molecular flexibility index (Phi) is 6.16. The Hall–Kier alpha value is -2.70. The number of amides is 1. The first kappa shape index (κ1) is 20.6. The molecule has 2 unspecified atom stereocenters. The van der Waals surface area contributed by atoms with Gasteiger partial charge < -0.3 is 14.5 Å². The summed E-state index contributed by atoms with van der Waals surface area (Å²) in [6.07, 6.45) is 4.66. The standard InChI is InChI=1S/C24H30N4O2/c1-17-7-6-10-28-16-22(26-24(17)28)11-23(29)25-12-20-8-4-5-9-21(20)15-27-13-18(2)30-19(3)14-27/h4-10,16,18-19H,11-15H2,1-3H3,(H,25,29). The van der Waals surface area contributed by atoms with Crippen LogP contribution in [0.1, 0.15) is 36.2 Å². The molecule has 158 valence electrons. The highest BCUT2D eigenvalue weighted by molar-refractivity contribution is 5.78. The van der Waals surface area contributed by atoms with Crippen molar-refractivity contribution in [1.29, 1.82) is 0 Å². The molecule has 0 spiro atoms. The van der Waals surface area contributed by atoms with Crippen molar-refractivity contribution in [3.63, 3.8) is 0 Å². The van der Waals surface area contributed by atoms with Gasteiger partial charge in [0.15, 0.2) is 0 Å². The number of carbonyl (C=O) groups is 1. The third-order valence-corrected chi connectivity index (χ3v) is 5.55. The van der Waals surface area contributed by atoms with Gasteiger partial charge in [0.25, 0.3) is 0 Å². The highest BCUT2D eigenvalue weighted by Gasteiger charge is 2.22. The molecule has 1 aromatic carbocycles. The highest BCUT2D eigenvalue weighted by atomic mass is 16.5. The van der Waals surface area contributed by atoms with Crippen LogP contribution in [0, 0.1) is 6.92 Å². The lowest BCUT2D eigenvalue weighted by molar-refractivity contribution is -0.120. The van der Waals surface area contributed by atoms with E-state index in [1.165, 1.54) is 5.56 Å². The van der Waals surface area contributed by atoms with Gasteiger partial charge in [-0.15, -0.1) is 0 Å². The van der Waals surface area contributed by atoms with Crippen LogP contribution in [-0.4, -0.2) is 45.5 Å². The fraction of sp³-hybridized carbons (Fsp3) is 0.417. The quantitative estimate of drug-likeness (QED) is 0.683. The highest BCUT2D eigenvalue weighted by Crippen LogP contribution is 2.17. The van der Waals surface area contributed by atoms with Gasteiger partial charge in [0, 0.05) is 38.6 Å². The molecule has 1 fully saturated rings. The monoisotopic (exact) mass is 406 g/mol. The summed E-state index contributed by atoms with van der Waals surface area (Å²) in [5, 5.41) is 3.07. The number of ether oxygens (including phenoxy) is 1. The number of hydrogen-bond donors (Lipinski definition) is 1. The molecule has 2 aromatic heterocycles. The summed E-state index contributed by atoms with van der Waals surface area (Å²) in [4.78, 5) is 19.6. The van der Waals surface area contributed by atoms with Crippen molar-refractivity contribution in [2.24, 2.45) is 0 Å². The summed E-state index contributed by atoms with van der Waals surface area (Å²) in [6.45, 7) is 9.52. The summed E-state index contributed by atoms with van der Waals surface area (Å²) in [7, 11) is 0. The summed E-state index contributed by atoms with van der Waals surface area (Å²) in [5.74, 6) is -0.0144. The van der Waals surface area contributed by atoms with E-state index in [1.807, 2.05) is 41.9 Å². The zero-order valence-corrected chi connectivity index (χ0v) is 18.0. The largest absolute Gasteiger partial charge is 0.373 e. The third kappa shape index (κ3) is 4.89. The van der Waals surface area contributed by atoms with E-state index in [1.54, 1.807) is 0 Å². The normalized spacial score (nSPS) is 19.8. The van der Waals surface area contributed by atoms with Crippen molar-refractivity contribution in [2.75, 3.05) is 13.1 Å². The van der Waals surface area contributed by atoms with E-state index in [0.29, 0.717) is 6.54 Å². The smallest absolute Gasteiger partial charge is 0.226 e. The summed E-state index contributed by atoms with van der Waals surface area (Å²) in [5.41, 5.74) is 5.20. The second-order valence-electron chi connectivity index (χ2n) is 8.33. The number of benzene rings is 1. The maximum absolute atomic E-state index is 12.5. The molecule has 6 nitrogen and oxygen atoms in total. The molecule has 3 aromatic rings. The predicted molar refractivity (Wildman–Crippen MR) is 117 cm³/mol. The van der Waals surface area contributed by atoms with E-state index >= 15 is 0 Å². The molecular weight excluding hydrogens is 376 g/mol. The Morgan fingerprint density at radius 1 is 1.13 bits per heavy atom. The number of aryl methyl sites for hydroxylation is 1. The van der Waals surface area contributed by atoms with Crippen LogP contribution in [0.25, 0.3) is 5.65 Å². The fourth-order valence-electron chi connectivity index (χ4n) is 4.25. The van der Waals surface area contributed by atoms with Crippen LogP contribution in [0.15, 0.2) is 48.8 Å². The number of carbonyl (C=O) groups excluding carboxylic acids is 1. The Morgan fingerprint density at radius 2 is 1.87 bits per heavy atom. The number of aromatic nitrogens is 2. The zero-order valence-electron chi connectivity index (χ0n) is 18.0. The molecule has 0 aliphatic carbocycles. The molecule has 0 saturated carbocycles. The van der Waals surface area contributed by atoms with Gasteiger partial charge in [-0.1, -0.05) is 30.3 Å². The zero-order chi connectivity index (χ0) is 21.1. The van der Waals surface area contributed by atoms with Gasteiger partial charge >= 0.3 is 0 Å². The Balaban J connectivity index is 1.37. The topological polar surface area (TPSA) is 58.9 Å².